The zero-order valence-corrected chi connectivity index (χ0v) is 24.1. The molecule has 0 atom stereocenters. The average molecular weight is 520 g/mol. The molecule has 0 aromatic heterocycles. The van der Waals surface area contributed by atoms with E-state index in [0.717, 1.165) is 43.5 Å². The van der Waals surface area contributed by atoms with Crippen LogP contribution in [0.1, 0.15) is 92.7 Å². The minimum absolute atomic E-state index is 0.212. The summed E-state index contributed by atoms with van der Waals surface area (Å²) in [5, 5.41) is 15.1. The van der Waals surface area contributed by atoms with Gasteiger partial charge in [0.1, 0.15) is 0 Å². The van der Waals surface area contributed by atoms with Crippen LogP contribution in [-0.2, 0) is 6.18 Å². The second-order valence-corrected chi connectivity index (χ2v) is 11.0. The Kier molecular flexibility index (Phi) is 11.3. The van der Waals surface area contributed by atoms with Crippen LogP contribution in [0, 0.1) is 11.3 Å². The van der Waals surface area contributed by atoms with Crippen LogP contribution in [0.25, 0.3) is 5.47 Å². The standard InChI is InChI=1S/C28H45BF3N5/c1-10-11-12-25(19-33)27(24-13-15-26(16-14-24)28(30,31)32)29-34(36(20(2)3)21(4)5)17-18-35(29)37(22(6)7)23(8)9/h13-16,20-23H,10-12,17-18H2,1-9H3/b27-25-. The normalized spacial score (nSPS) is 16.7. The number of halogens is 3. The first-order chi connectivity index (χ1) is 17.3. The Morgan fingerprint density at radius 2 is 1.32 bits per heavy atom. The average Bonchev–Trinajstić information content (AvgIpc) is 3.18. The molecule has 0 saturated carbocycles. The maximum atomic E-state index is 13.4. The third-order valence-electron chi connectivity index (χ3n) is 6.85. The minimum Gasteiger partial charge on any atom is -0.256 e. The molecule has 1 fully saturated rings. The number of nitriles is 1. The Hall–Kier alpha value is -1.86. The lowest BCUT2D eigenvalue weighted by atomic mass is 9.61. The molecule has 0 N–H and O–H groups in total. The molecule has 9 heteroatoms. The van der Waals surface area contributed by atoms with E-state index in [0.29, 0.717) is 17.6 Å². The first-order valence-corrected chi connectivity index (χ1v) is 13.7. The van der Waals surface area contributed by atoms with Crippen molar-refractivity contribution in [1.29, 1.82) is 5.26 Å². The number of alkyl halides is 3. The zero-order chi connectivity index (χ0) is 28.1. The molecule has 5 nitrogen and oxygen atoms in total. The summed E-state index contributed by atoms with van der Waals surface area (Å²) in [5.74, 6) is 0. The number of benzene rings is 1. The van der Waals surface area contributed by atoms with Crippen LogP contribution in [0.2, 0.25) is 0 Å². The Balaban J connectivity index is 2.85. The molecule has 2 rings (SSSR count). The van der Waals surface area contributed by atoms with Gasteiger partial charge in [-0.05, 0) is 91.4 Å². The van der Waals surface area contributed by atoms with E-state index in [1.54, 1.807) is 12.1 Å². The maximum Gasteiger partial charge on any atom is 0.416 e. The molecule has 1 aromatic carbocycles. The molecule has 0 aliphatic carbocycles. The first-order valence-electron chi connectivity index (χ1n) is 13.7. The lowest BCUT2D eigenvalue weighted by Gasteiger charge is -2.46. The number of hydrogen-bond donors (Lipinski definition) is 0. The summed E-state index contributed by atoms with van der Waals surface area (Å²) < 4.78 is 40.2. The van der Waals surface area contributed by atoms with Crippen LogP contribution in [0.15, 0.2) is 29.8 Å². The van der Waals surface area contributed by atoms with Crippen LogP contribution < -0.4 is 0 Å². The third kappa shape index (κ3) is 7.38. The summed E-state index contributed by atoms with van der Waals surface area (Å²) in [5.41, 5.74) is 1.44. The van der Waals surface area contributed by atoms with E-state index in [4.69, 9.17) is 0 Å². The summed E-state index contributed by atoms with van der Waals surface area (Å²) in [4.78, 5) is 4.67. The van der Waals surface area contributed by atoms with E-state index in [9.17, 15) is 18.4 Å². The van der Waals surface area contributed by atoms with Gasteiger partial charge in [0.2, 0.25) is 0 Å². The number of hydrogen-bond acceptors (Lipinski definition) is 5. The Morgan fingerprint density at radius 3 is 1.65 bits per heavy atom. The van der Waals surface area contributed by atoms with E-state index in [1.807, 2.05) is 0 Å². The lowest BCUT2D eigenvalue weighted by Crippen LogP contribution is -2.62. The van der Waals surface area contributed by atoms with Gasteiger partial charge in [-0.3, -0.25) is 9.84 Å². The minimum atomic E-state index is -4.41. The highest BCUT2D eigenvalue weighted by Gasteiger charge is 2.48. The Bertz CT molecular complexity index is 891. The molecule has 1 aromatic rings. The quantitative estimate of drug-likeness (QED) is 0.235. The SMILES string of the molecule is CCCC/C(C#N)=C(/B1N(N(C(C)C)C(C)C)CCN1N(C(C)C)C(C)C)c1ccc(C(F)(F)F)cc1. The predicted octanol–water partition coefficient (Wildman–Crippen LogP) is 6.89. The molecule has 0 amide bonds. The maximum absolute atomic E-state index is 13.4. The molecular formula is C28H45BF3N5. The van der Waals surface area contributed by atoms with Crippen LogP contribution in [0.5, 0.6) is 0 Å². The molecule has 0 spiro atoms. The second-order valence-electron chi connectivity index (χ2n) is 11.0. The van der Waals surface area contributed by atoms with E-state index in [-0.39, 0.29) is 31.1 Å². The van der Waals surface area contributed by atoms with E-state index in [2.05, 4.69) is 88.2 Å². The molecule has 37 heavy (non-hydrogen) atoms. The molecular weight excluding hydrogens is 474 g/mol. The molecule has 0 unspecified atom stereocenters. The smallest absolute Gasteiger partial charge is 0.256 e. The number of allylic oxidation sites excluding steroid dienone is 1. The van der Waals surface area contributed by atoms with Gasteiger partial charge in [-0.1, -0.05) is 25.5 Å². The van der Waals surface area contributed by atoms with Crippen molar-refractivity contribution < 1.29 is 13.2 Å². The molecule has 0 bridgehead atoms. The van der Waals surface area contributed by atoms with Crippen LogP contribution >= 0.6 is 0 Å². The van der Waals surface area contributed by atoms with Gasteiger partial charge >= 0.3 is 13.2 Å². The van der Waals surface area contributed by atoms with Crippen molar-refractivity contribution in [2.45, 2.75) is 112 Å². The van der Waals surface area contributed by atoms with E-state index < -0.39 is 11.7 Å². The predicted molar refractivity (Wildman–Crippen MR) is 147 cm³/mol. The topological polar surface area (TPSA) is 36.8 Å². The van der Waals surface area contributed by atoms with Crippen molar-refractivity contribution in [3.8, 4) is 6.07 Å². The number of rotatable bonds is 11. The van der Waals surface area contributed by atoms with Gasteiger partial charge in [-0.25, -0.2) is 10.0 Å². The fraction of sp³-hybridized carbons (Fsp3) is 0.679. The van der Waals surface area contributed by atoms with Gasteiger partial charge in [0.05, 0.1) is 11.6 Å². The van der Waals surface area contributed by atoms with Crippen molar-refractivity contribution >= 4 is 12.5 Å². The van der Waals surface area contributed by atoms with Crippen LogP contribution in [-0.4, -0.2) is 64.1 Å². The summed E-state index contributed by atoms with van der Waals surface area (Å²) in [7, 11) is 0. The lowest BCUT2D eigenvalue weighted by molar-refractivity contribution is -0.137. The second kappa shape index (κ2) is 13.3. The van der Waals surface area contributed by atoms with Crippen molar-refractivity contribution in [3.63, 3.8) is 0 Å². The highest BCUT2D eigenvalue weighted by molar-refractivity contribution is 6.75. The molecule has 1 aliphatic heterocycles. The Labute approximate surface area is 223 Å². The molecule has 206 valence electrons. The fourth-order valence-corrected chi connectivity index (χ4v) is 5.69. The summed E-state index contributed by atoms with van der Waals surface area (Å²) >= 11 is 0. The van der Waals surface area contributed by atoms with Gasteiger partial charge in [0, 0.05) is 42.8 Å². The number of unbranched alkanes of at least 4 members (excludes halogenated alkanes) is 1. The summed E-state index contributed by atoms with van der Waals surface area (Å²) in [6.07, 6.45) is -2.05. The van der Waals surface area contributed by atoms with Crippen LogP contribution in [0.3, 0.4) is 0 Å². The van der Waals surface area contributed by atoms with Gasteiger partial charge < -0.3 is 0 Å². The van der Waals surface area contributed by atoms with E-state index >= 15 is 0 Å². The van der Waals surface area contributed by atoms with Gasteiger partial charge in [0.25, 0.3) is 0 Å². The summed E-state index contributed by atoms with van der Waals surface area (Å²) in [6, 6.07) is 8.67. The van der Waals surface area contributed by atoms with Gasteiger partial charge in [-0.15, -0.1) is 0 Å². The van der Waals surface area contributed by atoms with Crippen molar-refractivity contribution in [1.82, 2.24) is 19.9 Å². The largest absolute Gasteiger partial charge is 0.416 e. The first kappa shape index (κ1) is 31.4. The van der Waals surface area contributed by atoms with Gasteiger partial charge in [-0.2, -0.15) is 18.4 Å². The van der Waals surface area contributed by atoms with Crippen molar-refractivity contribution in [3.05, 3.63) is 41.0 Å². The molecule has 1 aliphatic rings. The number of nitrogens with zero attached hydrogens (tertiary/aromatic N) is 5. The zero-order valence-electron chi connectivity index (χ0n) is 24.1. The Morgan fingerprint density at radius 1 is 0.892 bits per heavy atom. The van der Waals surface area contributed by atoms with Crippen LogP contribution in [0.4, 0.5) is 13.2 Å². The van der Waals surface area contributed by atoms with E-state index in [1.165, 1.54) is 0 Å². The highest BCUT2D eigenvalue weighted by Crippen LogP contribution is 2.36. The molecule has 1 heterocycles. The van der Waals surface area contributed by atoms with Crippen molar-refractivity contribution in [2.75, 3.05) is 13.1 Å². The highest BCUT2D eigenvalue weighted by atomic mass is 19.4. The molecule has 1 saturated heterocycles. The van der Waals surface area contributed by atoms with Crippen molar-refractivity contribution in [2.24, 2.45) is 0 Å². The number of hydrazine groups is 2. The summed E-state index contributed by atoms with van der Waals surface area (Å²) in [6.45, 7) is 20.6. The third-order valence-corrected chi connectivity index (χ3v) is 6.85. The van der Waals surface area contributed by atoms with Gasteiger partial charge in [0.15, 0.2) is 0 Å². The fourth-order valence-electron chi connectivity index (χ4n) is 5.69. The molecule has 0 radical (unpaired) electrons. The monoisotopic (exact) mass is 519 g/mol.